The monoisotopic (exact) mass is 622 g/mol. The van der Waals surface area contributed by atoms with Gasteiger partial charge >= 0.3 is 0 Å². The van der Waals surface area contributed by atoms with Crippen LogP contribution in [-0.2, 0) is 0 Å². The van der Waals surface area contributed by atoms with Gasteiger partial charge in [-0.25, -0.2) is 0 Å². The molecule has 0 bridgehead atoms. The average molecular weight is 623 g/mol. The maximum atomic E-state index is 4.69. The van der Waals surface area contributed by atoms with Gasteiger partial charge in [0.15, 0.2) is 0 Å². The van der Waals surface area contributed by atoms with Crippen molar-refractivity contribution in [3.8, 4) is 22.3 Å². The van der Waals surface area contributed by atoms with Crippen LogP contribution in [0.1, 0.15) is 0 Å². The maximum Gasteiger partial charge on any atom is 0.105 e. The Bertz CT molecular complexity index is 2010. The third kappa shape index (κ3) is 5.54. The van der Waals surface area contributed by atoms with E-state index in [0.29, 0.717) is 0 Å². The predicted octanol–water partition coefficient (Wildman–Crippen LogP) is 12.0. The van der Waals surface area contributed by atoms with Crippen LogP contribution in [-0.4, -0.2) is 8.75 Å². The minimum absolute atomic E-state index is 0.884. The van der Waals surface area contributed by atoms with Crippen molar-refractivity contribution in [1.82, 2.24) is 8.75 Å². The van der Waals surface area contributed by atoms with Gasteiger partial charge in [-0.2, -0.15) is 8.75 Å². The Morgan fingerprint density at radius 3 is 0.957 bits per heavy atom. The second-order valence-corrected chi connectivity index (χ2v) is 11.7. The smallest absolute Gasteiger partial charge is 0.105 e. The summed E-state index contributed by atoms with van der Waals surface area (Å²) in [4.78, 5) is 4.66. The Labute approximate surface area is 278 Å². The van der Waals surface area contributed by atoms with Gasteiger partial charge in [-0.05, 0) is 83.9 Å². The van der Waals surface area contributed by atoms with Crippen LogP contribution in [0.15, 0.2) is 182 Å². The molecule has 0 N–H and O–H groups in total. The quantitative estimate of drug-likeness (QED) is 0.169. The third-order valence-electron chi connectivity index (χ3n) is 8.32. The minimum atomic E-state index is 0.884. The van der Waals surface area contributed by atoms with Crippen molar-refractivity contribution in [2.75, 3.05) is 9.80 Å². The SMILES string of the molecule is c1ccc(N(c2ccccc2)c2ccccc2-c2cc3nsnc3cc2-c2ccccc2N(c2ccccc2)c2ccccc2)cc1. The van der Waals surface area contributed by atoms with Gasteiger partial charge in [-0.15, -0.1) is 0 Å². The predicted molar refractivity (Wildman–Crippen MR) is 198 cm³/mol. The largest absolute Gasteiger partial charge is 0.310 e. The molecule has 4 nitrogen and oxygen atoms in total. The first-order valence-corrected chi connectivity index (χ1v) is 16.3. The lowest BCUT2D eigenvalue weighted by molar-refractivity contribution is 1.28. The molecule has 0 aliphatic heterocycles. The van der Waals surface area contributed by atoms with Gasteiger partial charge in [0.2, 0.25) is 0 Å². The Morgan fingerprint density at radius 2 is 0.617 bits per heavy atom. The average Bonchev–Trinajstić information content (AvgIpc) is 3.62. The van der Waals surface area contributed by atoms with E-state index in [1.165, 1.54) is 11.7 Å². The summed E-state index contributed by atoms with van der Waals surface area (Å²) in [5, 5.41) is 0. The third-order valence-corrected chi connectivity index (χ3v) is 8.88. The van der Waals surface area contributed by atoms with E-state index in [4.69, 9.17) is 0 Å². The Morgan fingerprint density at radius 1 is 0.319 bits per heavy atom. The molecule has 0 saturated carbocycles. The maximum absolute atomic E-state index is 4.69. The molecule has 8 rings (SSSR count). The van der Waals surface area contributed by atoms with Crippen LogP contribution in [0.4, 0.5) is 34.1 Å². The van der Waals surface area contributed by atoms with Crippen molar-refractivity contribution in [3.05, 3.63) is 182 Å². The van der Waals surface area contributed by atoms with E-state index in [1.807, 2.05) is 0 Å². The molecule has 0 atom stereocenters. The van der Waals surface area contributed by atoms with Gasteiger partial charge in [-0.1, -0.05) is 109 Å². The molecule has 7 aromatic carbocycles. The van der Waals surface area contributed by atoms with Crippen molar-refractivity contribution < 1.29 is 0 Å². The van der Waals surface area contributed by atoms with Crippen LogP contribution < -0.4 is 9.80 Å². The number of hydrogen-bond donors (Lipinski definition) is 0. The number of aromatic nitrogens is 2. The summed E-state index contributed by atoms with van der Waals surface area (Å²) in [5.74, 6) is 0. The summed E-state index contributed by atoms with van der Waals surface area (Å²) in [7, 11) is 0. The normalized spacial score (nSPS) is 11.0. The minimum Gasteiger partial charge on any atom is -0.310 e. The number of nitrogens with zero attached hydrogens (tertiary/aromatic N) is 4. The Balaban J connectivity index is 1.39. The fraction of sp³-hybridized carbons (Fsp3) is 0. The van der Waals surface area contributed by atoms with E-state index < -0.39 is 0 Å². The van der Waals surface area contributed by atoms with E-state index in [9.17, 15) is 0 Å². The molecule has 0 aliphatic rings. The molecule has 5 heteroatoms. The molecule has 1 aromatic heterocycles. The van der Waals surface area contributed by atoms with Gasteiger partial charge in [0.25, 0.3) is 0 Å². The summed E-state index contributed by atoms with van der Waals surface area (Å²) in [6.07, 6.45) is 0. The van der Waals surface area contributed by atoms with Gasteiger partial charge < -0.3 is 9.80 Å². The van der Waals surface area contributed by atoms with Crippen LogP contribution in [0.25, 0.3) is 33.3 Å². The summed E-state index contributed by atoms with van der Waals surface area (Å²) >= 11 is 1.25. The summed E-state index contributed by atoms with van der Waals surface area (Å²) in [6, 6.07) is 63.9. The van der Waals surface area contributed by atoms with Crippen LogP contribution in [0.5, 0.6) is 0 Å². The van der Waals surface area contributed by atoms with Gasteiger partial charge in [0.1, 0.15) is 11.0 Å². The van der Waals surface area contributed by atoms with Crippen LogP contribution in [0.3, 0.4) is 0 Å². The zero-order valence-corrected chi connectivity index (χ0v) is 26.3. The lowest BCUT2D eigenvalue weighted by Crippen LogP contribution is -2.12. The van der Waals surface area contributed by atoms with Crippen molar-refractivity contribution in [2.24, 2.45) is 0 Å². The molecular formula is C42H30N4S. The van der Waals surface area contributed by atoms with Crippen molar-refractivity contribution in [2.45, 2.75) is 0 Å². The van der Waals surface area contributed by atoms with E-state index in [1.54, 1.807) is 0 Å². The Hall–Kier alpha value is -6.04. The fourth-order valence-electron chi connectivity index (χ4n) is 6.23. The first-order valence-electron chi connectivity index (χ1n) is 15.6. The summed E-state index contributed by atoms with van der Waals surface area (Å²) < 4.78 is 9.38. The number of fused-ring (bicyclic) bond motifs is 1. The van der Waals surface area contributed by atoms with Crippen LogP contribution >= 0.6 is 11.7 Å². The van der Waals surface area contributed by atoms with Gasteiger partial charge in [0.05, 0.1) is 23.1 Å². The molecule has 47 heavy (non-hydrogen) atoms. The summed E-state index contributed by atoms with van der Waals surface area (Å²) in [6.45, 7) is 0. The molecule has 0 fully saturated rings. The molecule has 0 unspecified atom stereocenters. The molecule has 224 valence electrons. The Kier molecular flexibility index (Phi) is 7.72. The van der Waals surface area contributed by atoms with Crippen LogP contribution in [0, 0.1) is 0 Å². The highest BCUT2D eigenvalue weighted by molar-refractivity contribution is 7.00. The summed E-state index contributed by atoms with van der Waals surface area (Å²) in [5.41, 5.74) is 12.7. The highest BCUT2D eigenvalue weighted by Gasteiger charge is 2.23. The van der Waals surface area contributed by atoms with E-state index in [-0.39, 0.29) is 0 Å². The molecule has 0 aliphatic carbocycles. The molecule has 0 radical (unpaired) electrons. The topological polar surface area (TPSA) is 32.3 Å². The second-order valence-electron chi connectivity index (χ2n) is 11.2. The lowest BCUT2D eigenvalue weighted by atomic mass is 9.91. The lowest BCUT2D eigenvalue weighted by Gasteiger charge is -2.30. The highest BCUT2D eigenvalue weighted by Crippen LogP contribution is 2.47. The number of rotatable bonds is 8. The first-order chi connectivity index (χ1) is 23.3. The standard InChI is InChI=1S/C42H30N4S/c1-5-17-31(18-6-1)45(32-19-7-2-8-20-32)41-27-15-13-25-35(41)37-29-39-40(44-47-43-39)30-38(37)36-26-14-16-28-42(36)46(33-21-9-3-10-22-33)34-23-11-4-12-24-34/h1-30H. The molecule has 0 saturated heterocycles. The molecule has 1 heterocycles. The van der Waals surface area contributed by atoms with Crippen molar-refractivity contribution >= 4 is 56.9 Å². The first kappa shape index (κ1) is 28.4. The van der Waals surface area contributed by atoms with Gasteiger partial charge in [-0.3, -0.25) is 0 Å². The zero-order valence-electron chi connectivity index (χ0n) is 25.5. The number of para-hydroxylation sites is 6. The van der Waals surface area contributed by atoms with E-state index in [0.717, 1.165) is 67.4 Å². The van der Waals surface area contributed by atoms with Crippen LogP contribution in [0.2, 0.25) is 0 Å². The highest BCUT2D eigenvalue weighted by atomic mass is 32.1. The second kappa shape index (κ2) is 12.8. The number of benzene rings is 7. The van der Waals surface area contributed by atoms with Gasteiger partial charge in [0, 0.05) is 33.9 Å². The van der Waals surface area contributed by atoms with E-state index in [2.05, 4.69) is 201 Å². The zero-order chi connectivity index (χ0) is 31.4. The molecule has 0 spiro atoms. The number of hydrogen-bond acceptors (Lipinski definition) is 5. The molecule has 8 aromatic rings. The number of anilines is 6. The molecular weight excluding hydrogens is 593 g/mol. The van der Waals surface area contributed by atoms with Crippen molar-refractivity contribution in [1.29, 1.82) is 0 Å². The van der Waals surface area contributed by atoms with Crippen molar-refractivity contribution in [3.63, 3.8) is 0 Å². The van der Waals surface area contributed by atoms with E-state index >= 15 is 0 Å². The fourth-order valence-corrected chi connectivity index (χ4v) is 6.74. The molecule has 0 amide bonds.